The van der Waals surface area contributed by atoms with Crippen molar-refractivity contribution in [3.8, 4) is 11.5 Å². The van der Waals surface area contributed by atoms with E-state index in [0.29, 0.717) is 28.8 Å². The number of hydrogen-bond donors (Lipinski definition) is 0. The second-order valence-electron chi connectivity index (χ2n) is 8.05. The van der Waals surface area contributed by atoms with Crippen molar-refractivity contribution in [2.24, 2.45) is 4.99 Å². The largest absolute Gasteiger partial charge is 0.497 e. The van der Waals surface area contributed by atoms with Crippen LogP contribution in [0.15, 0.2) is 71.0 Å². The molecule has 182 valence electrons. The molecule has 35 heavy (non-hydrogen) atoms. The Morgan fingerprint density at radius 1 is 1.14 bits per heavy atom. The van der Waals surface area contributed by atoms with Gasteiger partial charge in [0.1, 0.15) is 17.2 Å². The summed E-state index contributed by atoms with van der Waals surface area (Å²) in [6.07, 6.45) is 6.90. The molecule has 2 aliphatic rings. The number of carbonyl (C=O) groups excluding carboxylic acids is 2. The number of carbonyl (C=O) groups is 2. The van der Waals surface area contributed by atoms with Crippen molar-refractivity contribution in [3.05, 3.63) is 71.6 Å². The van der Waals surface area contributed by atoms with Gasteiger partial charge in [-0.1, -0.05) is 36.0 Å². The number of anilines is 1. The third-order valence-corrected chi connectivity index (χ3v) is 6.79. The van der Waals surface area contributed by atoms with Crippen molar-refractivity contribution in [1.82, 2.24) is 4.90 Å². The molecule has 2 aromatic rings. The molecule has 1 heterocycles. The number of amidine groups is 1. The highest BCUT2D eigenvalue weighted by Crippen LogP contribution is 2.32. The lowest BCUT2D eigenvalue weighted by molar-refractivity contribution is -0.126. The van der Waals surface area contributed by atoms with Gasteiger partial charge in [0.25, 0.3) is 5.91 Å². The van der Waals surface area contributed by atoms with Crippen LogP contribution in [-0.2, 0) is 9.59 Å². The van der Waals surface area contributed by atoms with E-state index >= 15 is 0 Å². The minimum atomic E-state index is -0.255. The number of ether oxygens (including phenoxy) is 2. The normalized spacial score (nSPS) is 16.4. The molecule has 2 aromatic carbocycles. The first-order chi connectivity index (χ1) is 17.0. The van der Waals surface area contributed by atoms with Gasteiger partial charge in [-0.15, -0.1) is 0 Å². The topological polar surface area (TPSA) is 71.4 Å². The highest BCUT2D eigenvalue weighted by atomic mass is 32.2. The molecule has 0 saturated carbocycles. The Hall–Kier alpha value is -3.52. The van der Waals surface area contributed by atoms with Crippen molar-refractivity contribution in [2.45, 2.75) is 26.2 Å². The lowest BCUT2D eigenvalue weighted by Gasteiger charge is -2.23. The Morgan fingerprint density at radius 2 is 1.91 bits per heavy atom. The van der Waals surface area contributed by atoms with Gasteiger partial charge in [-0.3, -0.25) is 14.5 Å². The first kappa shape index (κ1) is 24.6. The quantitative estimate of drug-likeness (QED) is 0.481. The predicted molar refractivity (Wildman–Crippen MR) is 141 cm³/mol. The summed E-state index contributed by atoms with van der Waals surface area (Å²) in [5.41, 5.74) is 2.86. The number of methoxy groups -OCH3 is 2. The third kappa shape index (κ3) is 5.59. The van der Waals surface area contributed by atoms with Crippen LogP contribution >= 0.6 is 11.8 Å². The van der Waals surface area contributed by atoms with E-state index < -0.39 is 0 Å². The zero-order valence-electron chi connectivity index (χ0n) is 20.2. The van der Waals surface area contributed by atoms with Crippen LogP contribution in [0.4, 0.5) is 5.69 Å². The molecule has 0 atom stereocenters. The third-order valence-electron chi connectivity index (χ3n) is 5.87. The van der Waals surface area contributed by atoms with Crippen LogP contribution in [-0.4, -0.2) is 48.4 Å². The number of thioether (sulfide) groups is 1. The minimum absolute atomic E-state index is 0.0129. The number of aliphatic imine (C=N–C) groups is 1. The highest BCUT2D eigenvalue weighted by molar-refractivity contribution is 8.14. The average molecular weight is 492 g/mol. The molecule has 1 aliphatic heterocycles. The van der Waals surface area contributed by atoms with Gasteiger partial charge in [0.2, 0.25) is 5.91 Å². The molecule has 0 spiro atoms. The molecule has 0 fully saturated rings. The fraction of sp³-hybridized carbons (Fsp3) is 0.296. The van der Waals surface area contributed by atoms with Crippen LogP contribution in [0.3, 0.4) is 0 Å². The van der Waals surface area contributed by atoms with Crippen molar-refractivity contribution in [2.75, 3.05) is 31.4 Å². The number of nitrogens with zero attached hydrogens (tertiary/aromatic N) is 3. The van der Waals surface area contributed by atoms with E-state index in [9.17, 15) is 9.59 Å². The van der Waals surface area contributed by atoms with Crippen LogP contribution in [0, 0.1) is 0 Å². The van der Waals surface area contributed by atoms with Crippen molar-refractivity contribution >= 4 is 40.5 Å². The standard InChI is InChI=1S/C27H29N3O4S/c1-4-29(20-8-5-6-9-20)25(31)18-35-27-28-24(16-19-12-14-22(33-2)15-13-19)26(32)30(27)21-10-7-11-23(17-21)34-3/h7-8,10-17H,4-6,9,18H2,1-3H3/b24-16-. The summed E-state index contributed by atoms with van der Waals surface area (Å²) < 4.78 is 10.6. The second-order valence-corrected chi connectivity index (χ2v) is 9.00. The number of benzene rings is 2. The summed E-state index contributed by atoms with van der Waals surface area (Å²) in [5, 5.41) is 0.466. The molecule has 1 aliphatic carbocycles. The average Bonchev–Trinajstić information content (AvgIpc) is 3.52. The van der Waals surface area contributed by atoms with Crippen LogP contribution in [0.2, 0.25) is 0 Å². The fourth-order valence-corrected chi connectivity index (χ4v) is 4.96. The van der Waals surface area contributed by atoms with Crippen LogP contribution in [0.25, 0.3) is 6.08 Å². The molecule has 0 N–H and O–H groups in total. The van der Waals surface area contributed by atoms with Crippen molar-refractivity contribution < 1.29 is 19.1 Å². The lowest BCUT2D eigenvalue weighted by Crippen LogP contribution is -2.34. The summed E-state index contributed by atoms with van der Waals surface area (Å²) in [6, 6.07) is 14.7. The Kier molecular flexibility index (Phi) is 7.92. The Balaban J connectivity index is 1.61. The van der Waals surface area contributed by atoms with Crippen LogP contribution in [0.5, 0.6) is 11.5 Å². The molecule has 0 unspecified atom stereocenters. The van der Waals surface area contributed by atoms with Gasteiger partial charge in [-0.05, 0) is 62.1 Å². The van der Waals surface area contributed by atoms with E-state index in [1.807, 2.05) is 54.3 Å². The van der Waals surface area contributed by atoms with E-state index in [4.69, 9.17) is 9.47 Å². The summed E-state index contributed by atoms with van der Waals surface area (Å²) in [7, 11) is 3.19. The van der Waals surface area contributed by atoms with Gasteiger partial charge >= 0.3 is 0 Å². The maximum absolute atomic E-state index is 13.4. The van der Waals surface area contributed by atoms with Gasteiger partial charge in [-0.25, -0.2) is 4.99 Å². The monoisotopic (exact) mass is 491 g/mol. The molecular weight excluding hydrogens is 462 g/mol. The lowest BCUT2D eigenvalue weighted by atomic mass is 10.2. The van der Waals surface area contributed by atoms with Gasteiger partial charge in [0.15, 0.2) is 5.17 Å². The molecule has 7 nitrogen and oxygen atoms in total. The van der Waals surface area contributed by atoms with Crippen LogP contribution < -0.4 is 14.4 Å². The molecule has 0 saturated heterocycles. The van der Waals surface area contributed by atoms with Crippen molar-refractivity contribution in [1.29, 1.82) is 0 Å². The fourth-order valence-electron chi connectivity index (χ4n) is 4.07. The molecule has 0 radical (unpaired) electrons. The molecule has 0 aromatic heterocycles. The number of hydrogen-bond acceptors (Lipinski definition) is 6. The first-order valence-electron chi connectivity index (χ1n) is 11.6. The van der Waals surface area contributed by atoms with E-state index in [0.717, 1.165) is 36.3 Å². The smallest absolute Gasteiger partial charge is 0.283 e. The maximum atomic E-state index is 13.4. The number of allylic oxidation sites excluding steroid dienone is 2. The number of rotatable bonds is 8. The molecule has 8 heteroatoms. The molecule has 2 amide bonds. The minimum Gasteiger partial charge on any atom is -0.497 e. The number of amides is 2. The van der Waals surface area contributed by atoms with Gasteiger partial charge in [-0.2, -0.15) is 0 Å². The highest BCUT2D eigenvalue weighted by Gasteiger charge is 2.33. The van der Waals surface area contributed by atoms with E-state index in [2.05, 4.69) is 11.1 Å². The van der Waals surface area contributed by atoms with E-state index in [1.165, 1.54) is 11.8 Å². The summed E-state index contributed by atoms with van der Waals surface area (Å²) in [5.74, 6) is 1.31. The Morgan fingerprint density at radius 3 is 2.57 bits per heavy atom. The second kappa shape index (κ2) is 11.3. The molecule has 0 bridgehead atoms. The SMILES string of the molecule is CCN(C(=O)CSC1=N/C(=C\c2ccc(OC)cc2)C(=O)N1c1cccc(OC)c1)C1=CCCC1. The maximum Gasteiger partial charge on any atom is 0.283 e. The first-order valence-corrected chi connectivity index (χ1v) is 12.6. The Bertz CT molecular complexity index is 1190. The summed E-state index contributed by atoms with van der Waals surface area (Å²) in [6.45, 7) is 2.61. The van der Waals surface area contributed by atoms with Gasteiger partial charge in [0, 0.05) is 18.3 Å². The molecule has 4 rings (SSSR count). The van der Waals surface area contributed by atoms with E-state index in [1.54, 1.807) is 31.3 Å². The van der Waals surface area contributed by atoms with Crippen LogP contribution in [0.1, 0.15) is 31.7 Å². The summed E-state index contributed by atoms with van der Waals surface area (Å²) in [4.78, 5) is 34.5. The Labute approximate surface area is 210 Å². The summed E-state index contributed by atoms with van der Waals surface area (Å²) >= 11 is 1.27. The predicted octanol–water partition coefficient (Wildman–Crippen LogP) is 5.10. The van der Waals surface area contributed by atoms with Gasteiger partial charge < -0.3 is 14.4 Å². The van der Waals surface area contributed by atoms with E-state index in [-0.39, 0.29) is 17.6 Å². The zero-order chi connectivity index (χ0) is 24.8. The van der Waals surface area contributed by atoms with Gasteiger partial charge in [0.05, 0.1) is 25.7 Å². The molecular formula is C27H29N3O4S. The van der Waals surface area contributed by atoms with Crippen molar-refractivity contribution in [3.63, 3.8) is 0 Å². The zero-order valence-corrected chi connectivity index (χ0v) is 21.0.